The van der Waals surface area contributed by atoms with E-state index in [1.165, 1.54) is 16.7 Å². The van der Waals surface area contributed by atoms with Crippen LogP contribution >= 0.6 is 0 Å². The van der Waals surface area contributed by atoms with Crippen molar-refractivity contribution < 1.29 is 5.11 Å². The topological polar surface area (TPSA) is 23.5 Å². The summed E-state index contributed by atoms with van der Waals surface area (Å²) in [5, 5.41) is 11.1. The Morgan fingerprint density at radius 3 is 2.35 bits per heavy atom. The van der Waals surface area contributed by atoms with Crippen molar-refractivity contribution in [3.05, 3.63) is 83.4 Å². The summed E-state index contributed by atoms with van der Waals surface area (Å²) >= 11 is 0. The predicted molar refractivity (Wildman–Crippen MR) is 97.4 cm³/mol. The number of rotatable bonds is 7. The molecule has 1 N–H and O–H groups in total. The Bertz CT molecular complexity index is 650. The normalized spacial score (nSPS) is 13.8. The van der Waals surface area contributed by atoms with Crippen LogP contribution in [0.15, 0.2) is 61.2 Å². The summed E-state index contributed by atoms with van der Waals surface area (Å²) < 4.78 is 0. The quantitative estimate of drug-likeness (QED) is 0.775. The van der Waals surface area contributed by atoms with Gasteiger partial charge in [-0.1, -0.05) is 68.1 Å². The van der Waals surface area contributed by atoms with Crippen LogP contribution in [0.1, 0.15) is 29.2 Å². The lowest BCUT2D eigenvalue weighted by molar-refractivity contribution is 0.0418. The summed E-state index contributed by atoms with van der Waals surface area (Å²) in [6.45, 7) is 12.4. The largest absolute Gasteiger partial charge is 0.380 e. The second-order valence-electron chi connectivity index (χ2n) is 6.22. The molecule has 0 aliphatic carbocycles. The standard InChI is InChI=1S/C21H27NO/c1-5-21(23,20-13-12-17(3)18(4)14-20)16-22(6-2)15-19-10-8-7-9-11-19/h5,7-14,23H,1,6,15-16H2,2-4H3. The van der Waals surface area contributed by atoms with Gasteiger partial charge in [0.15, 0.2) is 0 Å². The molecule has 1 unspecified atom stereocenters. The van der Waals surface area contributed by atoms with Crippen LogP contribution in [-0.4, -0.2) is 23.1 Å². The third-order valence-electron chi connectivity index (χ3n) is 4.51. The maximum absolute atomic E-state index is 11.1. The van der Waals surface area contributed by atoms with Gasteiger partial charge in [-0.2, -0.15) is 0 Å². The van der Waals surface area contributed by atoms with E-state index < -0.39 is 5.60 Å². The third-order valence-corrected chi connectivity index (χ3v) is 4.51. The summed E-state index contributed by atoms with van der Waals surface area (Å²) in [5.41, 5.74) is 3.54. The summed E-state index contributed by atoms with van der Waals surface area (Å²) in [7, 11) is 0. The second kappa shape index (κ2) is 7.58. The molecule has 2 aromatic carbocycles. The van der Waals surface area contributed by atoms with Crippen LogP contribution in [0.3, 0.4) is 0 Å². The molecule has 0 aromatic heterocycles. The van der Waals surface area contributed by atoms with Crippen LogP contribution < -0.4 is 0 Å². The minimum atomic E-state index is -1.04. The molecule has 0 amide bonds. The molecule has 2 rings (SSSR count). The van der Waals surface area contributed by atoms with Gasteiger partial charge in [0, 0.05) is 13.1 Å². The summed E-state index contributed by atoms with van der Waals surface area (Å²) in [4.78, 5) is 2.24. The maximum atomic E-state index is 11.1. The fourth-order valence-corrected chi connectivity index (χ4v) is 2.75. The summed E-state index contributed by atoms with van der Waals surface area (Å²) in [5.74, 6) is 0. The fourth-order valence-electron chi connectivity index (χ4n) is 2.75. The zero-order valence-corrected chi connectivity index (χ0v) is 14.4. The van der Waals surface area contributed by atoms with E-state index in [1.54, 1.807) is 6.08 Å². The summed E-state index contributed by atoms with van der Waals surface area (Å²) in [6.07, 6.45) is 1.66. The first-order valence-electron chi connectivity index (χ1n) is 8.18. The zero-order chi connectivity index (χ0) is 16.9. The lowest BCUT2D eigenvalue weighted by Gasteiger charge is -2.32. The Morgan fingerprint density at radius 1 is 1.09 bits per heavy atom. The van der Waals surface area contributed by atoms with Gasteiger partial charge in [-0.25, -0.2) is 0 Å². The molecule has 0 aliphatic rings. The molecule has 0 saturated carbocycles. The Hall–Kier alpha value is -1.90. The zero-order valence-electron chi connectivity index (χ0n) is 14.4. The fraction of sp³-hybridized carbons (Fsp3) is 0.333. The molecule has 0 fully saturated rings. The van der Waals surface area contributed by atoms with Gasteiger partial charge in [0.1, 0.15) is 5.60 Å². The van der Waals surface area contributed by atoms with Crippen LogP contribution in [0, 0.1) is 13.8 Å². The van der Waals surface area contributed by atoms with Gasteiger partial charge in [0.05, 0.1) is 0 Å². The highest BCUT2D eigenvalue weighted by Gasteiger charge is 2.28. The Kier molecular flexibility index (Phi) is 5.75. The molecular formula is C21H27NO. The minimum absolute atomic E-state index is 0.532. The van der Waals surface area contributed by atoms with Crippen LogP contribution in [-0.2, 0) is 12.1 Å². The van der Waals surface area contributed by atoms with Crippen molar-refractivity contribution in [2.75, 3.05) is 13.1 Å². The molecule has 0 radical (unpaired) electrons. The molecule has 122 valence electrons. The van der Waals surface area contributed by atoms with Crippen molar-refractivity contribution in [1.29, 1.82) is 0 Å². The van der Waals surface area contributed by atoms with E-state index in [4.69, 9.17) is 0 Å². The van der Waals surface area contributed by atoms with Gasteiger partial charge in [-0.15, -0.1) is 0 Å². The Balaban J connectivity index is 2.21. The van der Waals surface area contributed by atoms with Crippen molar-refractivity contribution in [3.63, 3.8) is 0 Å². The van der Waals surface area contributed by atoms with Gasteiger partial charge in [0.25, 0.3) is 0 Å². The molecule has 2 aromatic rings. The van der Waals surface area contributed by atoms with E-state index in [1.807, 2.05) is 24.3 Å². The Morgan fingerprint density at radius 2 is 1.78 bits per heavy atom. The molecule has 1 atom stereocenters. The van der Waals surface area contributed by atoms with E-state index in [-0.39, 0.29) is 0 Å². The lowest BCUT2D eigenvalue weighted by Crippen LogP contribution is -2.39. The SMILES string of the molecule is C=CC(O)(CN(CC)Cc1ccccc1)c1ccc(C)c(C)c1. The van der Waals surface area contributed by atoms with Crippen molar-refractivity contribution in [2.24, 2.45) is 0 Å². The molecule has 0 spiro atoms. The van der Waals surface area contributed by atoms with Gasteiger partial charge >= 0.3 is 0 Å². The van der Waals surface area contributed by atoms with Crippen LogP contribution in [0.5, 0.6) is 0 Å². The average molecular weight is 309 g/mol. The van der Waals surface area contributed by atoms with Crippen molar-refractivity contribution in [3.8, 4) is 0 Å². The first-order valence-corrected chi connectivity index (χ1v) is 8.18. The van der Waals surface area contributed by atoms with Gasteiger partial charge in [-0.05, 0) is 42.6 Å². The number of aliphatic hydroxyl groups is 1. The van der Waals surface area contributed by atoms with Crippen LogP contribution in [0.4, 0.5) is 0 Å². The molecule has 0 heterocycles. The molecular weight excluding hydrogens is 282 g/mol. The first kappa shape index (κ1) is 17.5. The summed E-state index contributed by atoms with van der Waals surface area (Å²) in [6, 6.07) is 16.5. The second-order valence-corrected chi connectivity index (χ2v) is 6.22. The maximum Gasteiger partial charge on any atom is 0.120 e. The van der Waals surface area contributed by atoms with Gasteiger partial charge in [0.2, 0.25) is 0 Å². The monoisotopic (exact) mass is 309 g/mol. The van der Waals surface area contributed by atoms with E-state index in [2.05, 4.69) is 56.5 Å². The van der Waals surface area contributed by atoms with E-state index in [0.717, 1.165) is 18.7 Å². The van der Waals surface area contributed by atoms with E-state index >= 15 is 0 Å². The number of likely N-dealkylation sites (N-methyl/N-ethyl adjacent to an activating group) is 1. The first-order chi connectivity index (χ1) is 11.0. The molecule has 23 heavy (non-hydrogen) atoms. The van der Waals surface area contributed by atoms with Crippen molar-refractivity contribution in [1.82, 2.24) is 4.90 Å². The smallest absolute Gasteiger partial charge is 0.120 e. The van der Waals surface area contributed by atoms with Crippen LogP contribution in [0.2, 0.25) is 0 Å². The van der Waals surface area contributed by atoms with Gasteiger partial charge < -0.3 is 5.11 Å². The van der Waals surface area contributed by atoms with Gasteiger partial charge in [-0.3, -0.25) is 4.90 Å². The molecule has 0 aliphatic heterocycles. The third kappa shape index (κ3) is 4.31. The van der Waals surface area contributed by atoms with Crippen LogP contribution in [0.25, 0.3) is 0 Å². The number of hydrogen-bond acceptors (Lipinski definition) is 2. The van der Waals surface area contributed by atoms with E-state index in [0.29, 0.717) is 6.54 Å². The minimum Gasteiger partial charge on any atom is -0.380 e. The molecule has 0 saturated heterocycles. The highest BCUT2D eigenvalue weighted by Crippen LogP contribution is 2.26. The average Bonchev–Trinajstić information content (AvgIpc) is 2.57. The molecule has 2 nitrogen and oxygen atoms in total. The van der Waals surface area contributed by atoms with E-state index in [9.17, 15) is 5.11 Å². The Labute approximate surface area is 140 Å². The molecule has 2 heteroatoms. The number of nitrogens with zero attached hydrogens (tertiary/aromatic N) is 1. The van der Waals surface area contributed by atoms with Crippen molar-refractivity contribution in [2.45, 2.75) is 32.9 Å². The van der Waals surface area contributed by atoms with Crippen molar-refractivity contribution >= 4 is 0 Å². The number of aryl methyl sites for hydroxylation is 2. The number of hydrogen-bond donors (Lipinski definition) is 1. The molecule has 0 bridgehead atoms. The highest BCUT2D eigenvalue weighted by molar-refractivity contribution is 5.35. The predicted octanol–water partition coefficient (Wildman–Crippen LogP) is 4.20. The number of benzene rings is 2. The lowest BCUT2D eigenvalue weighted by atomic mass is 9.90. The highest BCUT2D eigenvalue weighted by atomic mass is 16.3.